The van der Waals surface area contributed by atoms with Crippen LogP contribution in [-0.4, -0.2) is 60.7 Å². The van der Waals surface area contributed by atoms with Gasteiger partial charge in [-0.05, 0) is 0 Å². The van der Waals surface area contributed by atoms with E-state index in [-0.39, 0.29) is 34.1 Å². The Balaban J connectivity index is -0.0000000126. The molecular weight excluding hydrogens is 741 g/mol. The van der Waals surface area contributed by atoms with E-state index in [1.165, 1.54) is 8.18 Å². The Bertz CT molecular complexity index is 309. The molecule has 168 valence electrons. The van der Waals surface area contributed by atoms with E-state index in [0.29, 0.717) is 0 Å². The second-order valence-corrected chi connectivity index (χ2v) is 21.2. The predicted molar refractivity (Wildman–Crippen MR) is 99.3 cm³/mol. The van der Waals surface area contributed by atoms with Gasteiger partial charge in [0, 0.05) is 34.1 Å². The summed E-state index contributed by atoms with van der Waals surface area (Å²) in [5.74, 6) is 0. The molecule has 0 unspecified atom stereocenters. The molecule has 14 heteroatoms. The smallest absolute Gasteiger partial charge is 0 e. The maximum Gasteiger partial charge on any atom is 0 e. The van der Waals surface area contributed by atoms with Crippen molar-refractivity contribution in [1.82, 2.24) is 0 Å². The minimum Gasteiger partial charge on any atom is 0 e. The standard InChI is InChI=1S/2C4H11SiTe.8CO.2Mn/c2*1-5(2,3)4-6;8*1-2;;/h2*4H2,1-3H3;;;;;;;;;;. The van der Waals surface area contributed by atoms with Crippen LogP contribution in [0.3, 0.4) is 0 Å². The summed E-state index contributed by atoms with van der Waals surface area (Å²) in [6.45, 7) is 50.3. The molecule has 4 radical (unpaired) electrons. The van der Waals surface area contributed by atoms with Crippen LogP contribution in [0.25, 0.3) is 0 Å². The summed E-state index contributed by atoms with van der Waals surface area (Å²) in [5.41, 5.74) is 0. The molecule has 0 aromatic heterocycles. The first-order valence-electron chi connectivity index (χ1n) is 5.92. The van der Waals surface area contributed by atoms with Gasteiger partial charge in [0.05, 0.1) is 0 Å². The first-order chi connectivity index (χ1) is 13.1. The minimum atomic E-state index is -0.627. The molecule has 0 N–H and O–H groups in total. The third kappa shape index (κ3) is 466. The Hall–Kier alpha value is 0.972. The Morgan fingerprint density at radius 1 is 0.400 bits per heavy atom. The van der Waals surface area contributed by atoms with E-state index in [4.69, 9.17) is 37.2 Å². The van der Waals surface area contributed by atoms with Crippen LogP contribution in [0.5, 0.6) is 0 Å². The van der Waals surface area contributed by atoms with E-state index in [2.05, 4.69) is 137 Å². The summed E-state index contributed by atoms with van der Waals surface area (Å²) in [5, 5.41) is 0. The van der Waals surface area contributed by atoms with Crippen molar-refractivity contribution >= 4 is 60.7 Å². The van der Waals surface area contributed by atoms with Crippen LogP contribution in [0.15, 0.2) is 0 Å². The van der Waals surface area contributed by atoms with Gasteiger partial charge in [-0.15, -0.1) is 0 Å². The summed E-state index contributed by atoms with van der Waals surface area (Å²) >= 11 is 4.42. The van der Waals surface area contributed by atoms with Gasteiger partial charge in [-0.3, -0.25) is 0 Å². The van der Waals surface area contributed by atoms with Gasteiger partial charge in [0.25, 0.3) is 0 Å². The van der Waals surface area contributed by atoms with Gasteiger partial charge in [0.2, 0.25) is 0 Å². The van der Waals surface area contributed by atoms with Gasteiger partial charge in [-0.2, -0.15) is 0 Å². The molecule has 0 saturated heterocycles. The summed E-state index contributed by atoms with van der Waals surface area (Å²) in [6, 6.07) is 0. The number of hydrogen-bond donors (Lipinski definition) is 0. The average Bonchev–Trinajstić information content (AvgIpc) is 2.79. The monoisotopic (exact) mass is 768 g/mol. The Labute approximate surface area is 230 Å². The van der Waals surface area contributed by atoms with E-state index in [1.807, 2.05) is 0 Å². The van der Waals surface area contributed by atoms with Gasteiger partial charge in [-0.25, -0.2) is 0 Å². The summed E-state index contributed by atoms with van der Waals surface area (Å²) < 4.78 is 62.8. The van der Waals surface area contributed by atoms with E-state index in [1.54, 1.807) is 0 Å². The molecule has 0 fully saturated rings. The summed E-state index contributed by atoms with van der Waals surface area (Å²) in [7, 11) is -1.25. The largest absolute Gasteiger partial charge is 0 e. The first-order valence-corrected chi connectivity index (χ1v) is 16.6. The first kappa shape index (κ1) is 77.3. The van der Waals surface area contributed by atoms with E-state index in [9.17, 15) is 0 Å². The fourth-order valence-electron chi connectivity index (χ4n) is 0. The van der Waals surface area contributed by atoms with Crippen molar-refractivity contribution in [2.75, 3.05) is 0 Å². The molecule has 0 aliphatic heterocycles. The molecule has 0 spiro atoms. The zero-order chi connectivity index (χ0) is 26.4. The molecule has 8 nitrogen and oxygen atoms in total. The number of rotatable bonds is 2. The van der Waals surface area contributed by atoms with Crippen molar-refractivity contribution in [3.8, 4) is 0 Å². The van der Waals surface area contributed by atoms with Crippen molar-refractivity contribution < 1.29 is 71.4 Å². The molecule has 0 atom stereocenters. The molecular formula is C16H22Mn2O8Si2Te2. The maximum absolute atomic E-state index is 7.50. The van der Waals surface area contributed by atoms with Crippen LogP contribution >= 0.6 is 0 Å². The van der Waals surface area contributed by atoms with Gasteiger partial charge >= 0.3 is 199 Å². The van der Waals surface area contributed by atoms with Gasteiger partial charge in [0.1, 0.15) is 0 Å². The summed E-state index contributed by atoms with van der Waals surface area (Å²) in [4.78, 5) is 0. The predicted octanol–water partition coefficient (Wildman–Crippen LogP) is 2.60. The van der Waals surface area contributed by atoms with E-state index >= 15 is 0 Å². The normalized spacial score (nSPS) is 5.33. The van der Waals surface area contributed by atoms with E-state index < -0.39 is 16.1 Å². The molecule has 0 bridgehead atoms. The molecule has 0 aromatic carbocycles. The summed E-state index contributed by atoms with van der Waals surface area (Å²) in [6.07, 6.45) is 0. The van der Waals surface area contributed by atoms with Crippen LogP contribution in [0, 0.1) is 53.2 Å². The van der Waals surface area contributed by atoms with Crippen LogP contribution in [0.4, 0.5) is 0 Å². The van der Waals surface area contributed by atoms with Crippen LogP contribution in [0.2, 0.25) is 47.5 Å². The third-order valence-corrected chi connectivity index (χ3v) is 17.4. The molecule has 0 aliphatic carbocycles. The van der Waals surface area contributed by atoms with Crippen LogP contribution in [-0.2, 0) is 71.4 Å². The fourth-order valence-corrected chi connectivity index (χ4v) is 0. The van der Waals surface area contributed by atoms with Crippen molar-refractivity contribution in [2.45, 2.75) is 47.5 Å². The molecule has 0 amide bonds. The Morgan fingerprint density at radius 2 is 0.433 bits per heavy atom. The maximum atomic E-state index is 7.50. The molecule has 0 aliphatic rings. The second-order valence-electron chi connectivity index (χ2n) is 5.41. The topological polar surface area (TPSA) is 159 Å². The van der Waals surface area contributed by atoms with Crippen molar-refractivity contribution in [3.05, 3.63) is 53.2 Å². The molecule has 0 saturated carbocycles. The SMILES string of the molecule is C[Si](C)(C)C[Te].C[Si](C)(C)C[Te].[C-]#[O+].[C-]#[O+].[C-]#[O+].[C-]#[O+].[C-]#[O+].[C-]#[O+].[C-]#[O+].[C-]#[O+].[Mn].[Mn]. The van der Waals surface area contributed by atoms with Crippen LogP contribution < -0.4 is 0 Å². The van der Waals surface area contributed by atoms with Crippen molar-refractivity contribution in [2.24, 2.45) is 0 Å². The molecule has 30 heavy (non-hydrogen) atoms. The minimum absolute atomic E-state index is 0. The average molecular weight is 764 g/mol. The van der Waals surface area contributed by atoms with E-state index in [0.717, 1.165) is 0 Å². The quantitative estimate of drug-likeness (QED) is 0.230. The van der Waals surface area contributed by atoms with Gasteiger partial charge in [-0.1, -0.05) is 0 Å². The second kappa shape index (κ2) is 112. The zero-order valence-electron chi connectivity index (χ0n) is 17.3. The van der Waals surface area contributed by atoms with Crippen LogP contribution in [0.1, 0.15) is 0 Å². The zero-order valence-corrected chi connectivity index (χ0v) is 26.3. The van der Waals surface area contributed by atoms with Crippen molar-refractivity contribution in [3.63, 3.8) is 0 Å². The Kier molecular flexibility index (Phi) is 289. The fraction of sp³-hybridized carbons (Fsp3) is 0.500. The van der Waals surface area contributed by atoms with Crippen molar-refractivity contribution in [1.29, 1.82) is 0 Å². The number of hydrogen-bond acceptors (Lipinski definition) is 0. The molecule has 0 rings (SSSR count). The van der Waals surface area contributed by atoms with Gasteiger partial charge in [0.15, 0.2) is 0 Å². The van der Waals surface area contributed by atoms with Gasteiger partial charge < -0.3 is 0 Å². The molecule has 0 heterocycles. The Morgan fingerprint density at radius 3 is 0.433 bits per heavy atom. The third-order valence-electron chi connectivity index (χ3n) is 0.866. The molecule has 0 aromatic rings.